The molecule has 2 N–H and O–H groups in total. The number of ether oxygens (including phenoxy) is 2. The van der Waals surface area contributed by atoms with Crippen LogP contribution in [0.5, 0.6) is 0 Å². The molecule has 0 unspecified atom stereocenters. The molecule has 0 bridgehead atoms. The molecular weight excluding hydrogens is 166 g/mol. The Morgan fingerprint density at radius 2 is 1.54 bits per heavy atom. The maximum absolute atomic E-state index is 6.06. The van der Waals surface area contributed by atoms with Crippen LogP contribution in [0.15, 0.2) is 0 Å². The highest BCUT2D eigenvalue weighted by atomic mass is 16.7. The van der Waals surface area contributed by atoms with E-state index in [1.165, 1.54) is 0 Å². The van der Waals surface area contributed by atoms with Crippen LogP contribution in [0.25, 0.3) is 0 Å². The zero-order valence-electron chi connectivity index (χ0n) is 8.34. The fourth-order valence-electron chi connectivity index (χ4n) is 2.11. The summed E-state index contributed by atoms with van der Waals surface area (Å²) in [7, 11) is 0. The normalized spacial score (nSPS) is 31.8. The van der Waals surface area contributed by atoms with Crippen LogP contribution >= 0.6 is 0 Å². The molecule has 1 saturated heterocycles. The van der Waals surface area contributed by atoms with Crippen LogP contribution < -0.4 is 5.73 Å². The molecule has 2 rings (SSSR count). The highest BCUT2D eigenvalue weighted by molar-refractivity contribution is 4.90. The van der Waals surface area contributed by atoms with Crippen molar-refractivity contribution in [2.45, 2.75) is 50.4 Å². The SMILES string of the molecule is CC1(N)CCC2(CC1)OCCCO2. The van der Waals surface area contributed by atoms with E-state index >= 15 is 0 Å². The summed E-state index contributed by atoms with van der Waals surface area (Å²) in [5.41, 5.74) is 6.05. The molecule has 1 aliphatic carbocycles. The average Bonchev–Trinajstić information content (AvgIpc) is 2.13. The van der Waals surface area contributed by atoms with Crippen molar-refractivity contribution < 1.29 is 9.47 Å². The Morgan fingerprint density at radius 1 is 1.00 bits per heavy atom. The van der Waals surface area contributed by atoms with Crippen molar-refractivity contribution in [3.05, 3.63) is 0 Å². The average molecular weight is 185 g/mol. The third kappa shape index (κ3) is 2.03. The molecule has 2 aliphatic rings. The molecule has 1 aliphatic heterocycles. The molecule has 1 heterocycles. The second kappa shape index (κ2) is 3.23. The molecular formula is C10H19NO2. The molecule has 0 aromatic rings. The Kier molecular flexibility index (Phi) is 2.34. The number of rotatable bonds is 0. The van der Waals surface area contributed by atoms with Gasteiger partial charge < -0.3 is 15.2 Å². The van der Waals surface area contributed by atoms with E-state index in [0.29, 0.717) is 0 Å². The summed E-state index contributed by atoms with van der Waals surface area (Å²) in [6, 6.07) is 0. The Balaban J connectivity index is 1.95. The molecule has 0 atom stereocenters. The van der Waals surface area contributed by atoms with Crippen molar-refractivity contribution in [2.24, 2.45) is 5.73 Å². The van der Waals surface area contributed by atoms with E-state index in [2.05, 4.69) is 6.92 Å². The summed E-state index contributed by atoms with van der Waals surface area (Å²) in [5, 5.41) is 0. The summed E-state index contributed by atoms with van der Waals surface area (Å²) in [6.07, 6.45) is 4.96. The second-order valence-corrected chi connectivity index (χ2v) is 4.62. The van der Waals surface area contributed by atoms with Gasteiger partial charge in [-0.2, -0.15) is 0 Å². The number of nitrogens with two attached hydrogens (primary N) is 1. The van der Waals surface area contributed by atoms with Gasteiger partial charge in [-0.1, -0.05) is 0 Å². The lowest BCUT2D eigenvalue weighted by Crippen LogP contribution is -2.50. The van der Waals surface area contributed by atoms with E-state index in [9.17, 15) is 0 Å². The van der Waals surface area contributed by atoms with Crippen LogP contribution in [0, 0.1) is 0 Å². The van der Waals surface area contributed by atoms with Crippen LogP contribution in [-0.2, 0) is 9.47 Å². The number of hydrogen-bond acceptors (Lipinski definition) is 3. The minimum atomic E-state index is -0.267. The van der Waals surface area contributed by atoms with Gasteiger partial charge in [0.15, 0.2) is 5.79 Å². The van der Waals surface area contributed by atoms with Crippen LogP contribution in [-0.4, -0.2) is 24.5 Å². The van der Waals surface area contributed by atoms with Gasteiger partial charge in [-0.05, 0) is 26.2 Å². The summed E-state index contributed by atoms with van der Waals surface area (Å²) in [4.78, 5) is 0. The lowest BCUT2D eigenvalue weighted by molar-refractivity contribution is -0.283. The molecule has 1 spiro atoms. The van der Waals surface area contributed by atoms with E-state index in [4.69, 9.17) is 15.2 Å². The molecule has 0 amide bonds. The maximum Gasteiger partial charge on any atom is 0.168 e. The number of hydrogen-bond donors (Lipinski definition) is 1. The van der Waals surface area contributed by atoms with Crippen molar-refractivity contribution in [3.8, 4) is 0 Å². The van der Waals surface area contributed by atoms with E-state index in [1.807, 2.05) is 0 Å². The van der Waals surface area contributed by atoms with Gasteiger partial charge in [0, 0.05) is 18.4 Å². The van der Waals surface area contributed by atoms with Gasteiger partial charge in [-0.25, -0.2) is 0 Å². The van der Waals surface area contributed by atoms with Crippen molar-refractivity contribution >= 4 is 0 Å². The standard InChI is InChI=1S/C10H19NO2/c1-9(11)3-5-10(6-4-9)12-7-2-8-13-10/h2-8,11H2,1H3. The highest BCUT2D eigenvalue weighted by Crippen LogP contribution is 2.38. The van der Waals surface area contributed by atoms with Crippen molar-refractivity contribution in [2.75, 3.05) is 13.2 Å². The molecule has 76 valence electrons. The molecule has 3 heteroatoms. The van der Waals surface area contributed by atoms with Gasteiger partial charge in [0.2, 0.25) is 0 Å². The molecule has 3 nitrogen and oxygen atoms in total. The third-order valence-electron chi connectivity index (χ3n) is 3.17. The fraction of sp³-hybridized carbons (Fsp3) is 1.00. The zero-order chi connectivity index (χ0) is 9.36. The molecule has 0 aromatic heterocycles. The van der Waals surface area contributed by atoms with Crippen LogP contribution in [0.3, 0.4) is 0 Å². The van der Waals surface area contributed by atoms with Crippen molar-refractivity contribution in [1.82, 2.24) is 0 Å². The van der Waals surface area contributed by atoms with E-state index < -0.39 is 0 Å². The zero-order valence-corrected chi connectivity index (χ0v) is 8.34. The van der Waals surface area contributed by atoms with Gasteiger partial charge in [0.1, 0.15) is 0 Å². The topological polar surface area (TPSA) is 44.5 Å². The Bertz CT molecular complexity index is 173. The van der Waals surface area contributed by atoms with E-state index in [0.717, 1.165) is 45.3 Å². The molecule has 0 radical (unpaired) electrons. The molecule has 13 heavy (non-hydrogen) atoms. The molecule has 2 fully saturated rings. The largest absolute Gasteiger partial charge is 0.350 e. The van der Waals surface area contributed by atoms with Gasteiger partial charge >= 0.3 is 0 Å². The summed E-state index contributed by atoms with van der Waals surface area (Å²) < 4.78 is 11.4. The monoisotopic (exact) mass is 185 g/mol. The van der Waals surface area contributed by atoms with Gasteiger partial charge in [0.05, 0.1) is 13.2 Å². The first kappa shape index (κ1) is 9.44. The molecule has 0 aromatic carbocycles. The molecule has 1 saturated carbocycles. The fourth-order valence-corrected chi connectivity index (χ4v) is 2.11. The second-order valence-electron chi connectivity index (χ2n) is 4.62. The summed E-state index contributed by atoms with van der Waals surface area (Å²) >= 11 is 0. The Morgan fingerprint density at radius 3 is 2.08 bits per heavy atom. The maximum atomic E-state index is 6.06. The Labute approximate surface area is 79.6 Å². The van der Waals surface area contributed by atoms with Crippen molar-refractivity contribution in [3.63, 3.8) is 0 Å². The Hall–Kier alpha value is -0.120. The van der Waals surface area contributed by atoms with E-state index in [-0.39, 0.29) is 11.3 Å². The summed E-state index contributed by atoms with van der Waals surface area (Å²) in [6.45, 7) is 3.81. The van der Waals surface area contributed by atoms with Crippen LogP contribution in [0.2, 0.25) is 0 Å². The lowest BCUT2D eigenvalue weighted by atomic mass is 9.80. The predicted octanol–water partition coefficient (Wildman–Crippen LogP) is 1.41. The lowest BCUT2D eigenvalue weighted by Gasteiger charge is -2.44. The first-order valence-electron chi connectivity index (χ1n) is 5.19. The van der Waals surface area contributed by atoms with Crippen molar-refractivity contribution in [1.29, 1.82) is 0 Å². The summed E-state index contributed by atoms with van der Waals surface area (Å²) in [5.74, 6) is -0.267. The van der Waals surface area contributed by atoms with Gasteiger partial charge in [0.25, 0.3) is 0 Å². The third-order valence-corrected chi connectivity index (χ3v) is 3.17. The predicted molar refractivity (Wildman–Crippen MR) is 50.3 cm³/mol. The van der Waals surface area contributed by atoms with E-state index in [1.54, 1.807) is 0 Å². The van der Waals surface area contributed by atoms with Crippen LogP contribution in [0.4, 0.5) is 0 Å². The minimum Gasteiger partial charge on any atom is -0.350 e. The smallest absolute Gasteiger partial charge is 0.168 e. The highest BCUT2D eigenvalue weighted by Gasteiger charge is 2.41. The first-order valence-corrected chi connectivity index (χ1v) is 5.19. The van der Waals surface area contributed by atoms with Gasteiger partial charge in [-0.3, -0.25) is 0 Å². The van der Waals surface area contributed by atoms with Gasteiger partial charge in [-0.15, -0.1) is 0 Å². The first-order chi connectivity index (χ1) is 6.12. The van der Waals surface area contributed by atoms with Crippen LogP contribution in [0.1, 0.15) is 39.0 Å². The minimum absolute atomic E-state index is 0.00455. The quantitative estimate of drug-likeness (QED) is 0.620.